The summed E-state index contributed by atoms with van der Waals surface area (Å²) in [5.74, 6) is 0.181. The van der Waals surface area contributed by atoms with Crippen LogP contribution in [-0.4, -0.2) is 31.7 Å². The number of amides is 2. The monoisotopic (exact) mass is 460 g/mol. The van der Waals surface area contributed by atoms with E-state index in [1.165, 1.54) is 12.1 Å². The Morgan fingerprint density at radius 1 is 1.12 bits per heavy atom. The Morgan fingerprint density at radius 2 is 1.91 bits per heavy atom. The van der Waals surface area contributed by atoms with Gasteiger partial charge in [-0.15, -0.1) is 10.2 Å². The van der Waals surface area contributed by atoms with Gasteiger partial charge in [-0.25, -0.2) is 4.79 Å². The number of alkyl halides is 4. The molecule has 3 N–H and O–H groups in total. The number of carbonyl (C=O) groups excluding carboxylic acids is 1. The number of urea groups is 1. The minimum Gasteiger partial charge on any atom is -0.315 e. The molecule has 1 aliphatic carbocycles. The molecule has 1 heterocycles. The van der Waals surface area contributed by atoms with Crippen molar-refractivity contribution in [3.05, 3.63) is 83.7 Å². The van der Waals surface area contributed by atoms with E-state index in [1.54, 1.807) is 6.08 Å². The number of benzene rings is 2. The molecule has 1 aliphatic rings. The van der Waals surface area contributed by atoms with Crippen LogP contribution in [0.1, 0.15) is 23.4 Å². The van der Waals surface area contributed by atoms with Crippen LogP contribution >= 0.6 is 11.6 Å². The lowest BCUT2D eigenvalue weighted by Gasteiger charge is -2.32. The van der Waals surface area contributed by atoms with Crippen molar-refractivity contribution in [3.63, 3.8) is 0 Å². The summed E-state index contributed by atoms with van der Waals surface area (Å²) in [4.78, 5) is 11.2. The van der Waals surface area contributed by atoms with E-state index < -0.39 is 22.8 Å². The number of nitrogens with zero attached hydrogens (tertiary/aromatic N) is 3. The van der Waals surface area contributed by atoms with E-state index in [0.717, 1.165) is 23.3 Å². The maximum atomic E-state index is 12.9. The Kier molecular flexibility index (Phi) is 5.70. The summed E-state index contributed by atoms with van der Waals surface area (Å²) >= 11 is 6.76. The fourth-order valence-corrected chi connectivity index (χ4v) is 3.57. The lowest BCUT2D eigenvalue weighted by atomic mass is 9.90. The number of aromatic nitrogens is 4. The molecule has 1 unspecified atom stereocenters. The predicted molar refractivity (Wildman–Crippen MR) is 113 cm³/mol. The summed E-state index contributed by atoms with van der Waals surface area (Å²) in [6, 6.07) is 13.0. The average molecular weight is 461 g/mol. The number of anilines is 1. The molecule has 4 rings (SSSR count). The van der Waals surface area contributed by atoms with E-state index in [1.807, 2.05) is 36.4 Å². The van der Waals surface area contributed by atoms with Gasteiger partial charge in [0.1, 0.15) is 5.00 Å². The number of hydrogen-bond acceptors (Lipinski definition) is 4. The number of nitrogens with one attached hydrogen (secondary N) is 3. The minimum absolute atomic E-state index is 0.0287. The van der Waals surface area contributed by atoms with Crippen molar-refractivity contribution in [2.75, 3.05) is 5.32 Å². The number of tetrazole rings is 1. The average Bonchev–Trinajstić information content (AvgIpc) is 3.28. The van der Waals surface area contributed by atoms with Gasteiger partial charge in [0.15, 0.2) is 0 Å². The Labute approximate surface area is 185 Å². The van der Waals surface area contributed by atoms with Crippen LogP contribution < -0.4 is 10.6 Å². The van der Waals surface area contributed by atoms with Gasteiger partial charge in [-0.1, -0.05) is 54.1 Å². The minimum atomic E-state index is -4.53. The number of halogens is 4. The molecule has 1 aromatic heterocycles. The van der Waals surface area contributed by atoms with Crippen molar-refractivity contribution < 1.29 is 18.0 Å². The normalized spacial score (nSPS) is 18.5. The topological polar surface area (TPSA) is 95.6 Å². The molecule has 164 valence electrons. The first-order chi connectivity index (χ1) is 15.2. The first-order valence-electron chi connectivity index (χ1n) is 9.41. The summed E-state index contributed by atoms with van der Waals surface area (Å²) in [5, 5.41) is 18.8. The third kappa shape index (κ3) is 4.65. The van der Waals surface area contributed by atoms with Crippen molar-refractivity contribution in [1.29, 1.82) is 0 Å². The molecule has 0 spiro atoms. The van der Waals surface area contributed by atoms with Crippen LogP contribution in [-0.2, 0) is 6.18 Å². The molecule has 0 fully saturated rings. The predicted octanol–water partition coefficient (Wildman–Crippen LogP) is 4.85. The number of allylic oxidation sites excluding steroid dienone is 2. The first kappa shape index (κ1) is 21.6. The Hall–Kier alpha value is -3.66. The smallest absolute Gasteiger partial charge is 0.315 e. The lowest BCUT2D eigenvalue weighted by molar-refractivity contribution is -0.137. The molecule has 0 saturated heterocycles. The van der Waals surface area contributed by atoms with Crippen LogP contribution in [0.5, 0.6) is 0 Å². The van der Waals surface area contributed by atoms with E-state index in [-0.39, 0.29) is 17.9 Å². The summed E-state index contributed by atoms with van der Waals surface area (Å²) in [6.07, 6.45) is -0.773. The standard InChI is InChI=1S/C21H16ClF3N6O/c22-20(27-19(32)26-16-8-4-7-15(12-16)21(23,24)25)10-9-14(13-5-2-1-3-6-13)11-17(20)18-28-30-31-29-18/h1-9,11-12H,10H2,(H2,26,27,32)(H,28,29,30,31). The van der Waals surface area contributed by atoms with Gasteiger partial charge in [0.05, 0.1) is 5.56 Å². The molecule has 2 aromatic carbocycles. The molecular formula is C21H16ClF3N6O. The van der Waals surface area contributed by atoms with Crippen LogP contribution in [0.4, 0.5) is 23.7 Å². The highest BCUT2D eigenvalue weighted by atomic mass is 35.5. The maximum Gasteiger partial charge on any atom is 0.416 e. The van der Waals surface area contributed by atoms with E-state index in [2.05, 4.69) is 31.3 Å². The summed E-state index contributed by atoms with van der Waals surface area (Å²) in [7, 11) is 0. The van der Waals surface area contributed by atoms with Crippen molar-refractivity contribution in [3.8, 4) is 0 Å². The Morgan fingerprint density at radius 3 is 2.59 bits per heavy atom. The van der Waals surface area contributed by atoms with Crippen LogP contribution in [0.15, 0.2) is 66.7 Å². The van der Waals surface area contributed by atoms with Crippen molar-refractivity contribution >= 4 is 34.5 Å². The van der Waals surface area contributed by atoms with Gasteiger partial charge in [-0.2, -0.15) is 18.4 Å². The molecular weight excluding hydrogens is 445 g/mol. The summed E-state index contributed by atoms with van der Waals surface area (Å²) in [6.45, 7) is 0. The van der Waals surface area contributed by atoms with Crippen molar-refractivity contribution in [2.45, 2.75) is 17.6 Å². The lowest BCUT2D eigenvalue weighted by Crippen LogP contribution is -2.47. The van der Waals surface area contributed by atoms with E-state index >= 15 is 0 Å². The van der Waals surface area contributed by atoms with E-state index in [0.29, 0.717) is 5.57 Å². The van der Waals surface area contributed by atoms with E-state index in [4.69, 9.17) is 11.6 Å². The first-order valence-corrected chi connectivity index (χ1v) is 9.79. The van der Waals surface area contributed by atoms with Crippen LogP contribution in [0.2, 0.25) is 0 Å². The van der Waals surface area contributed by atoms with Gasteiger partial charge < -0.3 is 10.6 Å². The number of H-pyrrole nitrogens is 1. The van der Waals surface area contributed by atoms with Crippen molar-refractivity contribution in [1.82, 2.24) is 25.9 Å². The summed E-state index contributed by atoms with van der Waals surface area (Å²) in [5.41, 5.74) is 1.26. The molecule has 32 heavy (non-hydrogen) atoms. The van der Waals surface area contributed by atoms with Gasteiger partial charge in [0.2, 0.25) is 5.82 Å². The molecule has 3 aromatic rings. The molecule has 0 aliphatic heterocycles. The molecule has 0 saturated carbocycles. The third-order valence-electron chi connectivity index (χ3n) is 4.78. The summed E-state index contributed by atoms with van der Waals surface area (Å²) < 4.78 is 38.8. The second kappa shape index (κ2) is 8.46. The second-order valence-electron chi connectivity index (χ2n) is 6.98. The largest absolute Gasteiger partial charge is 0.416 e. The zero-order valence-electron chi connectivity index (χ0n) is 16.3. The molecule has 7 nitrogen and oxygen atoms in total. The highest BCUT2D eigenvalue weighted by Crippen LogP contribution is 2.40. The molecule has 0 bridgehead atoms. The number of rotatable bonds is 4. The number of hydrogen-bond donors (Lipinski definition) is 3. The van der Waals surface area contributed by atoms with Crippen LogP contribution in [0.3, 0.4) is 0 Å². The molecule has 2 amide bonds. The molecule has 1 atom stereocenters. The second-order valence-corrected chi connectivity index (χ2v) is 7.63. The Bertz CT molecular complexity index is 1180. The molecule has 11 heteroatoms. The quantitative estimate of drug-likeness (QED) is 0.383. The van der Waals surface area contributed by atoms with Gasteiger partial charge in [-0.05, 0) is 40.6 Å². The van der Waals surface area contributed by atoms with Crippen LogP contribution in [0, 0.1) is 0 Å². The van der Waals surface area contributed by atoms with Gasteiger partial charge in [-0.3, -0.25) is 0 Å². The highest BCUT2D eigenvalue weighted by molar-refractivity contribution is 6.32. The Balaban J connectivity index is 1.58. The van der Waals surface area contributed by atoms with Crippen molar-refractivity contribution in [2.24, 2.45) is 0 Å². The third-order valence-corrected chi connectivity index (χ3v) is 5.24. The molecule has 0 radical (unpaired) electrons. The van der Waals surface area contributed by atoms with E-state index in [9.17, 15) is 18.0 Å². The fraction of sp³-hybridized carbons (Fsp3) is 0.143. The number of carbonyl (C=O) groups is 1. The van der Waals surface area contributed by atoms with Gasteiger partial charge >= 0.3 is 12.2 Å². The van der Waals surface area contributed by atoms with Gasteiger partial charge in [0, 0.05) is 17.7 Å². The SMILES string of the molecule is O=C(Nc1cccc(C(F)(F)F)c1)NC1(Cl)CC=C(c2ccccc2)C=C1c1nn[nH]n1. The maximum absolute atomic E-state index is 12.9. The fourth-order valence-electron chi connectivity index (χ4n) is 3.27. The zero-order chi connectivity index (χ0) is 22.8. The van der Waals surface area contributed by atoms with Crippen LogP contribution in [0.25, 0.3) is 11.1 Å². The zero-order valence-corrected chi connectivity index (χ0v) is 17.1. The highest BCUT2D eigenvalue weighted by Gasteiger charge is 2.38. The van der Waals surface area contributed by atoms with Gasteiger partial charge in [0.25, 0.3) is 0 Å². The number of aromatic amines is 1.